The molecule has 0 aliphatic carbocycles. The van der Waals surface area contributed by atoms with Crippen LogP contribution in [0, 0.1) is 6.92 Å². The number of aryl methyl sites for hydroxylation is 1. The Balaban J connectivity index is 2.32. The molecule has 0 aliphatic rings. The van der Waals surface area contributed by atoms with Gasteiger partial charge in [-0.2, -0.15) is 0 Å². The smallest absolute Gasteiger partial charge is 0.0978 e. The molecule has 2 heterocycles. The molecule has 15 heavy (non-hydrogen) atoms. The molecule has 0 saturated heterocycles. The van der Waals surface area contributed by atoms with Gasteiger partial charge in [0.1, 0.15) is 0 Å². The van der Waals surface area contributed by atoms with E-state index in [4.69, 9.17) is 0 Å². The van der Waals surface area contributed by atoms with Gasteiger partial charge in [0, 0.05) is 10.3 Å². The van der Waals surface area contributed by atoms with E-state index in [1.54, 1.807) is 11.3 Å². The number of nitrogens with zero attached hydrogens (tertiary/aromatic N) is 2. The van der Waals surface area contributed by atoms with Gasteiger partial charge in [-0.25, -0.2) is 0 Å². The van der Waals surface area contributed by atoms with Crippen LogP contribution in [0.25, 0.3) is 0 Å². The van der Waals surface area contributed by atoms with Crippen molar-refractivity contribution in [3.8, 4) is 0 Å². The molecule has 3 nitrogen and oxygen atoms in total. The minimum Gasteiger partial charge on any atom is -0.304 e. The molecule has 0 aromatic carbocycles. The average molecular weight is 239 g/mol. The minimum atomic E-state index is 0.203. The van der Waals surface area contributed by atoms with E-state index in [9.17, 15) is 0 Å². The first-order valence-corrected chi connectivity index (χ1v) is 6.59. The van der Waals surface area contributed by atoms with E-state index in [0.29, 0.717) is 0 Å². The Hall–Kier alpha value is -0.780. The Morgan fingerprint density at radius 1 is 1.53 bits per heavy atom. The van der Waals surface area contributed by atoms with Crippen molar-refractivity contribution in [3.05, 3.63) is 33.0 Å². The van der Waals surface area contributed by atoms with Gasteiger partial charge >= 0.3 is 0 Å². The Bertz CT molecular complexity index is 408. The van der Waals surface area contributed by atoms with Gasteiger partial charge in [0.25, 0.3) is 0 Å². The first kappa shape index (κ1) is 10.7. The third-order valence-corrected chi connectivity index (χ3v) is 3.85. The Kier molecular flexibility index (Phi) is 3.45. The number of nitrogens with one attached hydrogen (secondary N) is 1. The quantitative estimate of drug-likeness (QED) is 0.891. The van der Waals surface area contributed by atoms with Crippen LogP contribution < -0.4 is 5.32 Å². The molecular formula is C10H13N3S2. The molecule has 2 rings (SSSR count). The zero-order chi connectivity index (χ0) is 10.7. The van der Waals surface area contributed by atoms with Crippen molar-refractivity contribution < 1.29 is 0 Å². The normalized spacial score (nSPS) is 12.9. The SMILES string of the molecule is CCNC(c1csnn1)c1sccc1C. The molecule has 0 radical (unpaired) electrons. The predicted molar refractivity (Wildman–Crippen MR) is 64.5 cm³/mol. The van der Waals surface area contributed by atoms with E-state index in [1.165, 1.54) is 22.0 Å². The largest absolute Gasteiger partial charge is 0.304 e. The lowest BCUT2D eigenvalue weighted by Crippen LogP contribution is -2.22. The van der Waals surface area contributed by atoms with Crippen molar-refractivity contribution in [2.45, 2.75) is 19.9 Å². The molecule has 1 N–H and O–H groups in total. The molecule has 1 atom stereocenters. The summed E-state index contributed by atoms with van der Waals surface area (Å²) in [6, 6.07) is 2.35. The van der Waals surface area contributed by atoms with E-state index >= 15 is 0 Å². The molecule has 0 bridgehead atoms. The van der Waals surface area contributed by atoms with Crippen LogP contribution in [0.4, 0.5) is 0 Å². The second-order valence-electron chi connectivity index (χ2n) is 3.29. The highest BCUT2D eigenvalue weighted by atomic mass is 32.1. The molecule has 0 amide bonds. The highest BCUT2D eigenvalue weighted by Gasteiger charge is 2.18. The summed E-state index contributed by atoms with van der Waals surface area (Å²) in [7, 11) is 0. The lowest BCUT2D eigenvalue weighted by molar-refractivity contribution is 0.620. The summed E-state index contributed by atoms with van der Waals surface area (Å²) in [4.78, 5) is 1.34. The van der Waals surface area contributed by atoms with Gasteiger partial charge < -0.3 is 5.32 Å². The second-order valence-corrected chi connectivity index (χ2v) is 4.85. The standard InChI is InChI=1S/C10H13N3S2/c1-3-11-9(8-6-15-13-12-8)10-7(2)4-5-14-10/h4-6,9,11H,3H2,1-2H3. The van der Waals surface area contributed by atoms with Crippen LogP contribution in [0.5, 0.6) is 0 Å². The number of thiophene rings is 1. The molecule has 2 aromatic rings. The van der Waals surface area contributed by atoms with Gasteiger partial charge in [0.15, 0.2) is 0 Å². The van der Waals surface area contributed by atoms with Crippen molar-refractivity contribution in [3.63, 3.8) is 0 Å². The summed E-state index contributed by atoms with van der Waals surface area (Å²) in [6.45, 7) is 5.17. The summed E-state index contributed by atoms with van der Waals surface area (Å²) in [5, 5.41) is 11.7. The molecule has 2 aromatic heterocycles. The zero-order valence-electron chi connectivity index (χ0n) is 8.73. The van der Waals surface area contributed by atoms with Crippen molar-refractivity contribution in [2.24, 2.45) is 0 Å². The van der Waals surface area contributed by atoms with Crippen LogP contribution in [0.2, 0.25) is 0 Å². The summed E-state index contributed by atoms with van der Waals surface area (Å²) in [5.41, 5.74) is 2.34. The molecule has 5 heteroatoms. The van der Waals surface area contributed by atoms with Crippen molar-refractivity contribution in [1.29, 1.82) is 0 Å². The van der Waals surface area contributed by atoms with Crippen LogP contribution in [-0.4, -0.2) is 16.1 Å². The summed E-state index contributed by atoms with van der Waals surface area (Å²) in [5.74, 6) is 0. The van der Waals surface area contributed by atoms with Gasteiger partial charge in [0.2, 0.25) is 0 Å². The van der Waals surface area contributed by atoms with Crippen molar-refractivity contribution >= 4 is 22.9 Å². The van der Waals surface area contributed by atoms with Gasteiger partial charge in [-0.3, -0.25) is 0 Å². The Morgan fingerprint density at radius 2 is 2.40 bits per heavy atom. The first-order chi connectivity index (χ1) is 7.33. The van der Waals surface area contributed by atoms with Gasteiger partial charge in [-0.1, -0.05) is 11.4 Å². The Morgan fingerprint density at radius 3 is 2.93 bits per heavy atom. The van der Waals surface area contributed by atoms with Crippen LogP contribution in [0.15, 0.2) is 16.8 Å². The highest BCUT2D eigenvalue weighted by molar-refractivity contribution is 7.10. The van der Waals surface area contributed by atoms with E-state index in [-0.39, 0.29) is 6.04 Å². The van der Waals surface area contributed by atoms with E-state index < -0.39 is 0 Å². The lowest BCUT2D eigenvalue weighted by Gasteiger charge is -2.14. The topological polar surface area (TPSA) is 37.8 Å². The van der Waals surface area contributed by atoms with E-state index in [1.807, 2.05) is 5.38 Å². The maximum atomic E-state index is 4.14. The monoisotopic (exact) mass is 239 g/mol. The van der Waals surface area contributed by atoms with Crippen LogP contribution in [-0.2, 0) is 0 Å². The molecule has 0 saturated carbocycles. The van der Waals surface area contributed by atoms with E-state index in [2.05, 4.69) is 40.2 Å². The molecule has 0 aliphatic heterocycles. The van der Waals surface area contributed by atoms with Crippen LogP contribution in [0.3, 0.4) is 0 Å². The van der Waals surface area contributed by atoms with Crippen molar-refractivity contribution in [1.82, 2.24) is 14.9 Å². The molecule has 0 fully saturated rings. The number of aromatic nitrogens is 2. The summed E-state index contributed by atoms with van der Waals surface area (Å²) >= 11 is 3.17. The minimum absolute atomic E-state index is 0.203. The maximum absolute atomic E-state index is 4.14. The van der Waals surface area contributed by atoms with Crippen molar-refractivity contribution in [2.75, 3.05) is 6.54 Å². The number of rotatable bonds is 4. The van der Waals surface area contributed by atoms with Crippen LogP contribution >= 0.6 is 22.9 Å². The lowest BCUT2D eigenvalue weighted by atomic mass is 10.1. The van der Waals surface area contributed by atoms with E-state index in [0.717, 1.165) is 12.2 Å². The first-order valence-electron chi connectivity index (χ1n) is 4.87. The third kappa shape index (κ3) is 2.25. The highest BCUT2D eigenvalue weighted by Crippen LogP contribution is 2.28. The number of hydrogen-bond donors (Lipinski definition) is 1. The average Bonchev–Trinajstić information content (AvgIpc) is 2.85. The molecule has 80 valence electrons. The second kappa shape index (κ2) is 4.83. The predicted octanol–water partition coefficient (Wildman–Crippen LogP) is 2.61. The van der Waals surface area contributed by atoms with Gasteiger partial charge in [-0.15, -0.1) is 16.4 Å². The molecule has 1 unspecified atom stereocenters. The third-order valence-electron chi connectivity index (χ3n) is 2.24. The zero-order valence-corrected chi connectivity index (χ0v) is 10.4. The fourth-order valence-corrected chi connectivity index (χ4v) is 3.01. The summed E-state index contributed by atoms with van der Waals surface area (Å²) in [6.07, 6.45) is 0. The fourth-order valence-electron chi connectivity index (χ4n) is 1.51. The fraction of sp³-hybridized carbons (Fsp3) is 0.400. The Labute approximate surface area is 97.3 Å². The number of hydrogen-bond acceptors (Lipinski definition) is 5. The van der Waals surface area contributed by atoms with Gasteiger partial charge in [0.05, 0.1) is 11.7 Å². The summed E-state index contributed by atoms with van der Waals surface area (Å²) < 4.78 is 3.92. The maximum Gasteiger partial charge on any atom is 0.0978 e. The van der Waals surface area contributed by atoms with Crippen LogP contribution in [0.1, 0.15) is 29.1 Å². The molecule has 0 spiro atoms. The van der Waals surface area contributed by atoms with Gasteiger partial charge in [-0.05, 0) is 42.0 Å². The molecular weight excluding hydrogens is 226 g/mol.